The van der Waals surface area contributed by atoms with Crippen LogP contribution in [0.15, 0.2) is 55.1 Å². The summed E-state index contributed by atoms with van der Waals surface area (Å²) < 4.78 is 20.6. The molecule has 4 aromatic rings. The number of hydrogen-bond acceptors (Lipinski definition) is 5. The van der Waals surface area contributed by atoms with Crippen molar-refractivity contribution in [3.63, 3.8) is 0 Å². The van der Waals surface area contributed by atoms with Crippen molar-refractivity contribution in [2.75, 3.05) is 7.11 Å². The number of nitrogens with zero attached hydrogens (tertiary/aromatic N) is 4. The Kier molecular flexibility index (Phi) is 4.75. The van der Waals surface area contributed by atoms with Crippen molar-refractivity contribution in [3.8, 4) is 11.1 Å². The lowest BCUT2D eigenvalue weighted by Crippen LogP contribution is -2.06. The van der Waals surface area contributed by atoms with Crippen LogP contribution in [-0.2, 0) is 11.3 Å². The lowest BCUT2D eigenvalue weighted by molar-refractivity contribution is 0.0594. The smallest absolute Gasteiger partial charge is 0.356 e. The van der Waals surface area contributed by atoms with E-state index in [0.717, 1.165) is 16.6 Å². The summed E-state index contributed by atoms with van der Waals surface area (Å²) in [5, 5.41) is 0.816. The molecule has 0 aliphatic carbocycles. The standard InChI is InChI=1S/C20H14ClFN4O2/c1-28-20(27)18-5-3-14-15(12-2-4-16(21)17(22)8-12)11-26(19(14)25-18)10-13-9-23-6-7-24-13/h2-9,11H,10H2,1H3. The average molecular weight is 397 g/mol. The summed E-state index contributed by atoms with van der Waals surface area (Å²) in [6.07, 6.45) is 6.68. The first-order chi connectivity index (χ1) is 13.6. The zero-order valence-electron chi connectivity index (χ0n) is 14.8. The molecule has 4 rings (SSSR count). The molecule has 0 amide bonds. The Morgan fingerprint density at radius 2 is 2.11 bits per heavy atom. The lowest BCUT2D eigenvalue weighted by atomic mass is 10.1. The van der Waals surface area contributed by atoms with E-state index in [9.17, 15) is 9.18 Å². The average Bonchev–Trinajstić information content (AvgIpc) is 3.08. The molecule has 1 aromatic carbocycles. The number of pyridine rings is 1. The van der Waals surface area contributed by atoms with Gasteiger partial charge in [-0.05, 0) is 29.8 Å². The minimum atomic E-state index is -0.534. The fourth-order valence-corrected chi connectivity index (χ4v) is 3.10. The Balaban J connectivity index is 1.90. The van der Waals surface area contributed by atoms with Crippen molar-refractivity contribution in [1.82, 2.24) is 19.5 Å². The van der Waals surface area contributed by atoms with Crippen molar-refractivity contribution in [3.05, 3.63) is 77.3 Å². The first-order valence-electron chi connectivity index (χ1n) is 8.35. The molecular formula is C20H14ClFN4O2. The van der Waals surface area contributed by atoms with Gasteiger partial charge in [-0.1, -0.05) is 17.7 Å². The summed E-state index contributed by atoms with van der Waals surface area (Å²) in [7, 11) is 1.30. The molecule has 0 fully saturated rings. The van der Waals surface area contributed by atoms with Gasteiger partial charge in [-0.25, -0.2) is 14.2 Å². The molecule has 0 saturated carbocycles. The molecular weight excluding hydrogens is 383 g/mol. The molecule has 8 heteroatoms. The van der Waals surface area contributed by atoms with Crippen molar-refractivity contribution in [1.29, 1.82) is 0 Å². The molecule has 140 valence electrons. The zero-order valence-corrected chi connectivity index (χ0v) is 15.5. The maximum absolute atomic E-state index is 14.0. The van der Waals surface area contributed by atoms with E-state index in [0.29, 0.717) is 17.8 Å². The van der Waals surface area contributed by atoms with Crippen LogP contribution in [0.4, 0.5) is 4.39 Å². The summed E-state index contributed by atoms with van der Waals surface area (Å²) in [4.78, 5) is 24.7. The summed E-state index contributed by atoms with van der Waals surface area (Å²) in [6, 6.07) is 7.97. The fraction of sp³-hybridized carbons (Fsp3) is 0.100. The van der Waals surface area contributed by atoms with E-state index >= 15 is 0 Å². The van der Waals surface area contributed by atoms with Crippen LogP contribution in [0.1, 0.15) is 16.2 Å². The Labute approximate surface area is 164 Å². The van der Waals surface area contributed by atoms with E-state index in [-0.39, 0.29) is 10.7 Å². The number of methoxy groups -OCH3 is 1. The predicted molar refractivity (Wildman–Crippen MR) is 103 cm³/mol. The van der Waals surface area contributed by atoms with E-state index in [2.05, 4.69) is 15.0 Å². The number of carbonyl (C=O) groups is 1. The number of carbonyl (C=O) groups excluding carboxylic acids is 1. The van der Waals surface area contributed by atoms with Gasteiger partial charge >= 0.3 is 5.97 Å². The molecule has 28 heavy (non-hydrogen) atoms. The second-order valence-corrected chi connectivity index (χ2v) is 6.46. The van der Waals surface area contributed by atoms with Crippen LogP contribution in [0.2, 0.25) is 5.02 Å². The third kappa shape index (κ3) is 3.32. The first-order valence-corrected chi connectivity index (χ1v) is 8.73. The third-order valence-corrected chi connectivity index (χ3v) is 4.60. The van der Waals surface area contributed by atoms with Crippen LogP contribution < -0.4 is 0 Å². The summed E-state index contributed by atoms with van der Waals surface area (Å²) >= 11 is 5.81. The highest BCUT2D eigenvalue weighted by Gasteiger charge is 2.17. The van der Waals surface area contributed by atoms with Crippen molar-refractivity contribution >= 4 is 28.6 Å². The maximum atomic E-state index is 14.0. The topological polar surface area (TPSA) is 69.9 Å². The Morgan fingerprint density at radius 3 is 2.82 bits per heavy atom. The molecule has 0 aliphatic heterocycles. The summed E-state index contributed by atoms with van der Waals surface area (Å²) in [5.41, 5.74) is 2.87. The quantitative estimate of drug-likeness (QED) is 0.485. The highest BCUT2D eigenvalue weighted by Crippen LogP contribution is 2.32. The van der Waals surface area contributed by atoms with Gasteiger partial charge in [0.05, 0.1) is 30.6 Å². The van der Waals surface area contributed by atoms with E-state index in [1.165, 1.54) is 19.2 Å². The van der Waals surface area contributed by atoms with Crippen LogP contribution in [0.5, 0.6) is 0 Å². The van der Waals surface area contributed by atoms with Crippen LogP contribution in [0.25, 0.3) is 22.2 Å². The SMILES string of the molecule is COC(=O)c1ccc2c(-c3ccc(Cl)c(F)c3)cn(Cc3cnccn3)c2n1. The molecule has 0 bridgehead atoms. The van der Waals surface area contributed by atoms with Gasteiger partial charge in [0, 0.05) is 29.5 Å². The number of fused-ring (bicyclic) bond motifs is 1. The number of ether oxygens (including phenoxy) is 1. The van der Waals surface area contributed by atoms with Crippen molar-refractivity contribution < 1.29 is 13.9 Å². The second-order valence-electron chi connectivity index (χ2n) is 6.06. The van der Waals surface area contributed by atoms with Gasteiger partial charge in [0.25, 0.3) is 0 Å². The maximum Gasteiger partial charge on any atom is 0.356 e. The molecule has 0 atom stereocenters. The van der Waals surface area contributed by atoms with Gasteiger partial charge in [0.1, 0.15) is 11.5 Å². The van der Waals surface area contributed by atoms with Gasteiger partial charge in [-0.15, -0.1) is 0 Å². The Hall–Kier alpha value is -3.32. The van der Waals surface area contributed by atoms with Gasteiger partial charge in [0.15, 0.2) is 5.69 Å². The second kappa shape index (κ2) is 7.36. The number of aromatic nitrogens is 4. The monoisotopic (exact) mass is 396 g/mol. The highest BCUT2D eigenvalue weighted by atomic mass is 35.5. The molecule has 0 spiro atoms. The fourth-order valence-electron chi connectivity index (χ4n) is 2.98. The van der Waals surface area contributed by atoms with Crippen LogP contribution >= 0.6 is 11.6 Å². The van der Waals surface area contributed by atoms with Crippen LogP contribution in [-0.4, -0.2) is 32.6 Å². The number of hydrogen-bond donors (Lipinski definition) is 0. The molecule has 6 nitrogen and oxygen atoms in total. The normalized spacial score (nSPS) is 11.0. The minimum absolute atomic E-state index is 0.0538. The molecule has 0 unspecified atom stereocenters. The van der Waals surface area contributed by atoms with Gasteiger partial charge in [-0.2, -0.15) is 0 Å². The summed E-state index contributed by atoms with van der Waals surface area (Å²) in [6.45, 7) is 0.387. The predicted octanol–water partition coefficient (Wildman–Crippen LogP) is 4.12. The van der Waals surface area contributed by atoms with Gasteiger partial charge in [-0.3, -0.25) is 9.97 Å². The zero-order chi connectivity index (χ0) is 19.7. The van der Waals surface area contributed by atoms with E-state index in [1.807, 2.05) is 10.8 Å². The van der Waals surface area contributed by atoms with Crippen molar-refractivity contribution in [2.45, 2.75) is 6.54 Å². The third-order valence-electron chi connectivity index (χ3n) is 4.30. The highest BCUT2D eigenvalue weighted by molar-refractivity contribution is 6.30. The van der Waals surface area contributed by atoms with E-state index in [4.69, 9.17) is 16.3 Å². The van der Waals surface area contributed by atoms with Crippen LogP contribution in [0.3, 0.4) is 0 Å². The number of esters is 1. The molecule has 3 aromatic heterocycles. The first kappa shape index (κ1) is 18.1. The molecule has 0 N–H and O–H groups in total. The minimum Gasteiger partial charge on any atom is -0.464 e. The summed E-state index contributed by atoms with van der Waals surface area (Å²) in [5.74, 6) is -1.04. The molecule has 0 saturated heterocycles. The van der Waals surface area contributed by atoms with E-state index < -0.39 is 11.8 Å². The Bertz CT molecular complexity index is 1180. The van der Waals surface area contributed by atoms with Gasteiger partial charge < -0.3 is 9.30 Å². The number of halogens is 2. The van der Waals surface area contributed by atoms with Crippen molar-refractivity contribution in [2.24, 2.45) is 0 Å². The number of benzene rings is 1. The molecule has 0 radical (unpaired) electrons. The lowest BCUT2D eigenvalue weighted by Gasteiger charge is -2.05. The van der Waals surface area contributed by atoms with Gasteiger partial charge in [0.2, 0.25) is 0 Å². The van der Waals surface area contributed by atoms with Crippen LogP contribution in [0, 0.1) is 5.82 Å². The largest absolute Gasteiger partial charge is 0.464 e. The number of rotatable bonds is 4. The molecule has 3 heterocycles. The van der Waals surface area contributed by atoms with E-state index in [1.54, 1.807) is 36.8 Å². The molecule has 0 aliphatic rings. The Morgan fingerprint density at radius 1 is 1.25 bits per heavy atom.